The zero-order valence-electron chi connectivity index (χ0n) is 17.7. The van der Waals surface area contributed by atoms with Crippen LogP contribution in [0.5, 0.6) is 11.5 Å². The number of nitrogens with zero attached hydrogens (tertiary/aromatic N) is 1. The summed E-state index contributed by atoms with van der Waals surface area (Å²) < 4.78 is 11.0. The second-order valence-electron chi connectivity index (χ2n) is 7.85. The highest BCUT2D eigenvalue weighted by molar-refractivity contribution is 5.77. The number of hydrogen-bond donors (Lipinski definition) is 1. The van der Waals surface area contributed by atoms with Crippen molar-refractivity contribution in [2.45, 2.75) is 38.6 Å². The molecule has 0 radical (unpaired) electrons. The van der Waals surface area contributed by atoms with Crippen LogP contribution in [-0.2, 0) is 4.79 Å². The number of amides is 1. The first-order chi connectivity index (χ1) is 14.1. The lowest BCUT2D eigenvalue weighted by Gasteiger charge is -2.28. The van der Waals surface area contributed by atoms with Crippen molar-refractivity contribution >= 4 is 5.91 Å². The molecule has 1 amide bonds. The molecule has 1 atom stereocenters. The van der Waals surface area contributed by atoms with Crippen molar-refractivity contribution in [2.75, 3.05) is 33.4 Å². The number of carbonyl (C=O) groups excluding carboxylic acids is 1. The monoisotopic (exact) mass is 396 g/mol. The van der Waals surface area contributed by atoms with E-state index in [0.717, 1.165) is 24.4 Å². The van der Waals surface area contributed by atoms with E-state index in [1.165, 1.54) is 18.4 Å². The van der Waals surface area contributed by atoms with Crippen molar-refractivity contribution in [2.24, 2.45) is 0 Å². The van der Waals surface area contributed by atoms with Gasteiger partial charge in [0.25, 0.3) is 5.91 Å². The Bertz CT molecular complexity index is 783. The van der Waals surface area contributed by atoms with Crippen LogP contribution in [0.1, 0.15) is 49.8 Å². The summed E-state index contributed by atoms with van der Waals surface area (Å²) in [6.45, 7) is 6.99. The third-order valence-corrected chi connectivity index (χ3v) is 5.47. The largest absolute Gasteiger partial charge is 0.497 e. The van der Waals surface area contributed by atoms with Crippen LogP contribution in [0, 0.1) is 0 Å². The lowest BCUT2D eigenvalue weighted by molar-refractivity contribution is -0.123. The lowest BCUT2D eigenvalue weighted by Crippen LogP contribution is -2.38. The Kier molecular flexibility index (Phi) is 7.53. The normalized spacial score (nSPS) is 15.3. The van der Waals surface area contributed by atoms with Crippen LogP contribution in [0.25, 0.3) is 0 Å². The van der Waals surface area contributed by atoms with Gasteiger partial charge in [0.1, 0.15) is 11.5 Å². The second-order valence-corrected chi connectivity index (χ2v) is 7.85. The van der Waals surface area contributed by atoms with Crippen molar-refractivity contribution in [1.82, 2.24) is 10.2 Å². The summed E-state index contributed by atoms with van der Waals surface area (Å²) in [6.07, 6.45) is 2.40. The van der Waals surface area contributed by atoms with E-state index in [1.807, 2.05) is 36.4 Å². The molecule has 1 unspecified atom stereocenters. The fourth-order valence-electron chi connectivity index (χ4n) is 3.72. The maximum atomic E-state index is 12.4. The quantitative estimate of drug-likeness (QED) is 0.692. The Hall–Kier alpha value is -2.53. The van der Waals surface area contributed by atoms with Gasteiger partial charge in [0.2, 0.25) is 0 Å². The van der Waals surface area contributed by atoms with Crippen LogP contribution >= 0.6 is 0 Å². The molecule has 1 saturated heterocycles. The van der Waals surface area contributed by atoms with Crippen LogP contribution in [0.2, 0.25) is 0 Å². The molecule has 0 spiro atoms. The van der Waals surface area contributed by atoms with Crippen LogP contribution in [0.15, 0.2) is 48.5 Å². The molecular weight excluding hydrogens is 364 g/mol. The fraction of sp³-hybridized carbons (Fsp3) is 0.458. The van der Waals surface area contributed by atoms with E-state index >= 15 is 0 Å². The molecule has 1 N–H and O–H groups in total. The van der Waals surface area contributed by atoms with E-state index in [9.17, 15) is 4.79 Å². The minimum absolute atomic E-state index is 0.0197. The van der Waals surface area contributed by atoms with Gasteiger partial charge in [-0.25, -0.2) is 0 Å². The minimum atomic E-state index is -0.106. The van der Waals surface area contributed by atoms with Gasteiger partial charge in [0, 0.05) is 6.54 Å². The Labute approximate surface area is 174 Å². The SMILES string of the molecule is COc1cccc(C(CNC(=O)COc2ccc(C(C)C)cc2)N2CCCC2)c1. The minimum Gasteiger partial charge on any atom is -0.497 e. The Morgan fingerprint density at radius 2 is 1.76 bits per heavy atom. The van der Waals surface area contributed by atoms with Crippen LogP contribution in [0.4, 0.5) is 0 Å². The summed E-state index contributed by atoms with van der Waals surface area (Å²) in [7, 11) is 1.68. The molecule has 3 rings (SSSR count). The van der Waals surface area contributed by atoms with Crippen molar-refractivity contribution in [1.29, 1.82) is 0 Å². The Morgan fingerprint density at radius 1 is 1.03 bits per heavy atom. The van der Waals surface area contributed by atoms with Gasteiger partial charge in [-0.15, -0.1) is 0 Å². The number of likely N-dealkylation sites (tertiary alicyclic amines) is 1. The average molecular weight is 397 g/mol. The van der Waals surface area contributed by atoms with E-state index in [2.05, 4.69) is 36.2 Å². The summed E-state index contributed by atoms with van der Waals surface area (Å²) in [5, 5.41) is 3.05. The summed E-state index contributed by atoms with van der Waals surface area (Å²) in [5.41, 5.74) is 2.42. The van der Waals surface area contributed by atoms with Gasteiger partial charge in [0.05, 0.1) is 13.2 Å². The topological polar surface area (TPSA) is 50.8 Å². The third kappa shape index (κ3) is 5.97. The first-order valence-corrected chi connectivity index (χ1v) is 10.4. The maximum absolute atomic E-state index is 12.4. The first-order valence-electron chi connectivity index (χ1n) is 10.4. The van der Waals surface area contributed by atoms with Gasteiger partial charge < -0.3 is 14.8 Å². The zero-order valence-corrected chi connectivity index (χ0v) is 17.7. The summed E-state index contributed by atoms with van der Waals surface area (Å²) in [5.74, 6) is 1.93. The molecule has 1 aliphatic rings. The molecule has 5 nitrogen and oxygen atoms in total. The molecule has 156 valence electrons. The average Bonchev–Trinajstić information content (AvgIpc) is 3.27. The molecule has 1 fully saturated rings. The summed E-state index contributed by atoms with van der Waals surface area (Å²) >= 11 is 0. The molecule has 29 heavy (non-hydrogen) atoms. The molecule has 1 heterocycles. The van der Waals surface area contributed by atoms with Gasteiger partial charge >= 0.3 is 0 Å². The third-order valence-electron chi connectivity index (χ3n) is 5.47. The number of nitrogens with one attached hydrogen (secondary N) is 1. The number of rotatable bonds is 9. The van der Waals surface area contributed by atoms with Crippen LogP contribution in [0.3, 0.4) is 0 Å². The molecule has 5 heteroatoms. The second kappa shape index (κ2) is 10.3. The molecule has 0 saturated carbocycles. The van der Waals surface area contributed by atoms with Gasteiger partial charge in [-0.05, 0) is 67.2 Å². The van der Waals surface area contributed by atoms with Gasteiger partial charge in [-0.2, -0.15) is 0 Å². The molecule has 0 aliphatic carbocycles. The maximum Gasteiger partial charge on any atom is 0.258 e. The summed E-state index contributed by atoms with van der Waals surface area (Å²) in [6, 6.07) is 16.2. The molecule has 1 aliphatic heterocycles. The van der Waals surface area contributed by atoms with E-state index < -0.39 is 0 Å². The molecular formula is C24H32N2O3. The highest BCUT2D eigenvalue weighted by Crippen LogP contribution is 2.27. The van der Waals surface area contributed by atoms with E-state index in [1.54, 1.807) is 7.11 Å². The van der Waals surface area contributed by atoms with E-state index in [-0.39, 0.29) is 18.6 Å². The Balaban J connectivity index is 1.56. The number of ether oxygens (including phenoxy) is 2. The van der Waals surface area contributed by atoms with Crippen molar-refractivity contribution in [3.8, 4) is 11.5 Å². The highest BCUT2D eigenvalue weighted by atomic mass is 16.5. The molecule has 0 bridgehead atoms. The Morgan fingerprint density at radius 3 is 2.41 bits per heavy atom. The standard InChI is InChI=1S/C24H32N2O3/c1-18(2)19-9-11-21(12-10-19)29-17-24(27)25-16-23(26-13-4-5-14-26)20-7-6-8-22(15-20)28-3/h6-12,15,18,23H,4-5,13-14,16-17H2,1-3H3,(H,25,27). The van der Waals surface area contributed by atoms with Crippen molar-refractivity contribution in [3.63, 3.8) is 0 Å². The molecule has 2 aromatic carbocycles. The number of carbonyl (C=O) groups is 1. The predicted octanol–water partition coefficient (Wildman–Crippen LogP) is 4.15. The van der Waals surface area contributed by atoms with Gasteiger partial charge in [-0.3, -0.25) is 9.69 Å². The number of methoxy groups -OCH3 is 1. The molecule has 0 aromatic heterocycles. The fourth-order valence-corrected chi connectivity index (χ4v) is 3.72. The number of benzene rings is 2. The smallest absolute Gasteiger partial charge is 0.258 e. The van der Waals surface area contributed by atoms with Crippen LogP contribution in [-0.4, -0.2) is 44.2 Å². The number of hydrogen-bond acceptors (Lipinski definition) is 4. The predicted molar refractivity (Wildman–Crippen MR) is 116 cm³/mol. The summed E-state index contributed by atoms with van der Waals surface area (Å²) in [4.78, 5) is 14.8. The van der Waals surface area contributed by atoms with E-state index in [4.69, 9.17) is 9.47 Å². The van der Waals surface area contributed by atoms with Crippen molar-refractivity contribution < 1.29 is 14.3 Å². The van der Waals surface area contributed by atoms with Crippen LogP contribution < -0.4 is 14.8 Å². The lowest BCUT2D eigenvalue weighted by atomic mass is 10.0. The van der Waals surface area contributed by atoms with Crippen molar-refractivity contribution in [3.05, 3.63) is 59.7 Å². The van der Waals surface area contributed by atoms with E-state index in [0.29, 0.717) is 18.2 Å². The molecule has 2 aromatic rings. The van der Waals surface area contributed by atoms with Gasteiger partial charge in [-0.1, -0.05) is 38.1 Å². The highest BCUT2D eigenvalue weighted by Gasteiger charge is 2.24. The first kappa shape index (κ1) is 21.2. The zero-order chi connectivity index (χ0) is 20.6. The van der Waals surface area contributed by atoms with Gasteiger partial charge in [0.15, 0.2) is 6.61 Å².